The van der Waals surface area contributed by atoms with E-state index in [1.54, 1.807) is 6.33 Å². The Morgan fingerprint density at radius 3 is 2.08 bits per heavy atom. The molecule has 0 aliphatic carbocycles. The minimum atomic E-state index is -0.274. The van der Waals surface area contributed by atoms with Crippen LogP contribution >= 0.6 is 0 Å². The first-order valence-electron chi connectivity index (χ1n) is 13.5. The van der Waals surface area contributed by atoms with Crippen LogP contribution in [0.5, 0.6) is 0 Å². The first-order chi connectivity index (χ1) is 19.0. The van der Waals surface area contributed by atoms with Crippen molar-refractivity contribution in [2.24, 2.45) is 0 Å². The maximum atomic E-state index is 13.9. The summed E-state index contributed by atoms with van der Waals surface area (Å²) < 4.78 is 29.7. The first-order valence-corrected chi connectivity index (χ1v) is 13.5. The van der Waals surface area contributed by atoms with Crippen LogP contribution in [0.15, 0.2) is 67.0 Å². The Kier molecular flexibility index (Phi) is 6.68. The lowest BCUT2D eigenvalue weighted by Gasteiger charge is -2.50. The van der Waals surface area contributed by atoms with Crippen LogP contribution in [-0.2, 0) is 0 Å². The van der Waals surface area contributed by atoms with Gasteiger partial charge in [-0.1, -0.05) is 38.1 Å². The molecular formula is C30H31F2N7. The lowest BCUT2D eigenvalue weighted by molar-refractivity contribution is 0.110. The number of aryl methyl sites for hydroxylation is 1. The molecular weight excluding hydrogens is 496 g/mol. The van der Waals surface area contributed by atoms with Gasteiger partial charge in [-0.3, -0.25) is 9.30 Å². The molecule has 2 atom stereocenters. The lowest BCUT2D eigenvalue weighted by Crippen LogP contribution is -2.59. The Balaban J connectivity index is 1.45. The molecule has 0 saturated carbocycles. The molecule has 0 unspecified atom stereocenters. The highest BCUT2D eigenvalue weighted by atomic mass is 19.1. The van der Waals surface area contributed by atoms with E-state index < -0.39 is 0 Å². The SMILES string of the molecule is CC[C@H]1CN(C(c2ccc(F)cc2)c2ccc(F)cc2)[C@H](CC)CN1c1nc2nncn2c2ccc(C)nc12. The molecule has 6 rings (SSSR count). The zero-order valence-electron chi connectivity index (χ0n) is 22.3. The molecule has 0 spiro atoms. The highest BCUT2D eigenvalue weighted by Gasteiger charge is 2.38. The molecule has 0 bridgehead atoms. The third-order valence-corrected chi connectivity index (χ3v) is 7.88. The Hall–Kier alpha value is -3.98. The summed E-state index contributed by atoms with van der Waals surface area (Å²) in [4.78, 5) is 14.7. The summed E-state index contributed by atoms with van der Waals surface area (Å²) in [5.41, 5.74) is 4.64. The van der Waals surface area contributed by atoms with Gasteiger partial charge in [-0.2, -0.15) is 4.98 Å². The topological polar surface area (TPSA) is 62.5 Å². The zero-order valence-corrected chi connectivity index (χ0v) is 22.3. The minimum Gasteiger partial charge on any atom is -0.349 e. The van der Waals surface area contributed by atoms with Crippen LogP contribution in [0.2, 0.25) is 0 Å². The summed E-state index contributed by atoms with van der Waals surface area (Å²) in [5, 5.41) is 8.34. The van der Waals surface area contributed by atoms with Gasteiger partial charge in [0.2, 0.25) is 0 Å². The number of halogens is 2. The molecule has 9 heteroatoms. The van der Waals surface area contributed by atoms with Gasteiger partial charge < -0.3 is 4.90 Å². The molecule has 1 saturated heterocycles. The van der Waals surface area contributed by atoms with E-state index in [9.17, 15) is 8.78 Å². The molecule has 3 aromatic heterocycles. The summed E-state index contributed by atoms with van der Waals surface area (Å²) in [7, 11) is 0. The number of nitrogens with zero attached hydrogens (tertiary/aromatic N) is 7. The fraction of sp³-hybridized carbons (Fsp3) is 0.333. The molecule has 7 nitrogen and oxygen atoms in total. The molecule has 1 aliphatic rings. The monoisotopic (exact) mass is 527 g/mol. The normalized spacial score (nSPS) is 18.5. The predicted octanol–water partition coefficient (Wildman–Crippen LogP) is 5.73. The second kappa shape index (κ2) is 10.3. The lowest BCUT2D eigenvalue weighted by atomic mass is 9.91. The van der Waals surface area contributed by atoms with Crippen LogP contribution in [0.25, 0.3) is 16.8 Å². The fourth-order valence-corrected chi connectivity index (χ4v) is 5.86. The highest BCUT2D eigenvalue weighted by molar-refractivity contribution is 5.88. The van der Waals surface area contributed by atoms with Crippen molar-refractivity contribution in [1.29, 1.82) is 0 Å². The van der Waals surface area contributed by atoms with Gasteiger partial charge in [-0.05, 0) is 67.3 Å². The van der Waals surface area contributed by atoms with Crippen LogP contribution in [0.3, 0.4) is 0 Å². The van der Waals surface area contributed by atoms with Crippen molar-refractivity contribution in [3.8, 4) is 0 Å². The van der Waals surface area contributed by atoms with Crippen LogP contribution in [0.1, 0.15) is 49.6 Å². The van der Waals surface area contributed by atoms with Crippen molar-refractivity contribution in [2.75, 3.05) is 18.0 Å². The molecule has 0 amide bonds. The van der Waals surface area contributed by atoms with Gasteiger partial charge in [0.25, 0.3) is 5.78 Å². The summed E-state index contributed by atoms with van der Waals surface area (Å²) in [6, 6.07) is 17.5. The molecule has 0 radical (unpaired) electrons. The number of pyridine rings is 1. The first kappa shape index (κ1) is 25.3. The third-order valence-electron chi connectivity index (χ3n) is 7.88. The van der Waals surface area contributed by atoms with Gasteiger partial charge in [0.05, 0.1) is 11.6 Å². The van der Waals surface area contributed by atoms with Gasteiger partial charge in [0, 0.05) is 30.9 Å². The molecule has 0 N–H and O–H groups in total. The molecule has 2 aromatic carbocycles. The molecule has 1 fully saturated rings. The second-order valence-electron chi connectivity index (χ2n) is 10.2. The van der Waals surface area contributed by atoms with E-state index in [2.05, 4.69) is 33.8 Å². The molecule has 1 aliphatic heterocycles. The van der Waals surface area contributed by atoms with Crippen molar-refractivity contribution in [3.63, 3.8) is 0 Å². The standard InChI is InChI=1S/C30H31F2N7/c1-4-24-17-38(29-27-26(15-6-19(3)34-27)39-18-33-36-30(39)35-29)25(5-2)16-37(24)28(20-7-11-22(31)12-8-20)21-9-13-23(32)14-10-21/h6-15,18,24-25,28H,4-5,16-17H2,1-3H3/t24-,25+/m1/s1. The van der Waals surface area contributed by atoms with E-state index in [1.165, 1.54) is 24.3 Å². The van der Waals surface area contributed by atoms with Crippen molar-refractivity contribution >= 4 is 22.6 Å². The Labute approximate surface area is 226 Å². The number of fused-ring (bicyclic) bond motifs is 3. The summed E-state index contributed by atoms with van der Waals surface area (Å²) in [6.07, 6.45) is 3.45. The Bertz CT molecular complexity index is 1550. The summed E-state index contributed by atoms with van der Waals surface area (Å²) in [5.74, 6) is 0.817. The van der Waals surface area contributed by atoms with Crippen LogP contribution in [0.4, 0.5) is 14.6 Å². The number of rotatable bonds is 6. The van der Waals surface area contributed by atoms with Crippen molar-refractivity contribution < 1.29 is 8.78 Å². The number of piperazine rings is 1. The smallest absolute Gasteiger partial charge is 0.257 e. The average molecular weight is 528 g/mol. The number of hydrogen-bond acceptors (Lipinski definition) is 6. The fourth-order valence-electron chi connectivity index (χ4n) is 5.86. The van der Waals surface area contributed by atoms with Crippen LogP contribution < -0.4 is 4.90 Å². The number of aromatic nitrogens is 5. The Morgan fingerprint density at radius 1 is 0.821 bits per heavy atom. The van der Waals surface area contributed by atoms with E-state index in [1.807, 2.05) is 47.7 Å². The minimum absolute atomic E-state index is 0.139. The maximum Gasteiger partial charge on any atom is 0.257 e. The number of anilines is 1. The van der Waals surface area contributed by atoms with E-state index in [0.29, 0.717) is 5.78 Å². The summed E-state index contributed by atoms with van der Waals surface area (Å²) >= 11 is 0. The largest absolute Gasteiger partial charge is 0.349 e. The average Bonchev–Trinajstić information content (AvgIpc) is 3.43. The van der Waals surface area contributed by atoms with E-state index in [0.717, 1.165) is 59.6 Å². The second-order valence-corrected chi connectivity index (χ2v) is 10.2. The van der Waals surface area contributed by atoms with E-state index in [4.69, 9.17) is 9.97 Å². The third kappa shape index (κ3) is 4.61. The molecule has 39 heavy (non-hydrogen) atoms. The van der Waals surface area contributed by atoms with E-state index >= 15 is 0 Å². The Morgan fingerprint density at radius 2 is 1.46 bits per heavy atom. The number of benzene rings is 2. The van der Waals surface area contributed by atoms with Crippen LogP contribution in [-0.4, -0.2) is 54.6 Å². The van der Waals surface area contributed by atoms with Gasteiger partial charge >= 0.3 is 0 Å². The maximum absolute atomic E-state index is 13.9. The predicted molar refractivity (Wildman–Crippen MR) is 148 cm³/mol. The molecule has 5 aromatic rings. The molecule has 200 valence electrons. The van der Waals surface area contributed by atoms with E-state index in [-0.39, 0.29) is 29.8 Å². The van der Waals surface area contributed by atoms with Gasteiger partial charge in [0.1, 0.15) is 23.5 Å². The number of hydrogen-bond donors (Lipinski definition) is 0. The van der Waals surface area contributed by atoms with Crippen molar-refractivity contribution in [3.05, 3.63) is 95.4 Å². The van der Waals surface area contributed by atoms with Gasteiger partial charge in [-0.15, -0.1) is 10.2 Å². The van der Waals surface area contributed by atoms with Gasteiger partial charge in [0.15, 0.2) is 5.82 Å². The molecule has 4 heterocycles. The summed E-state index contributed by atoms with van der Waals surface area (Å²) in [6.45, 7) is 7.84. The van der Waals surface area contributed by atoms with Crippen molar-refractivity contribution in [2.45, 2.75) is 51.7 Å². The van der Waals surface area contributed by atoms with Crippen LogP contribution in [0, 0.1) is 18.6 Å². The quantitative estimate of drug-likeness (QED) is 0.281. The van der Waals surface area contributed by atoms with Gasteiger partial charge in [-0.25, -0.2) is 13.8 Å². The highest BCUT2D eigenvalue weighted by Crippen LogP contribution is 2.37. The van der Waals surface area contributed by atoms with Crippen molar-refractivity contribution in [1.82, 2.24) is 29.5 Å². The zero-order chi connectivity index (χ0) is 27.1.